The van der Waals surface area contributed by atoms with E-state index in [1.807, 2.05) is 24.4 Å². The van der Waals surface area contributed by atoms with Crippen molar-refractivity contribution in [2.75, 3.05) is 0 Å². The summed E-state index contributed by atoms with van der Waals surface area (Å²) < 4.78 is 2.14. The molecule has 1 aromatic heterocycles. The number of aromatic nitrogens is 1. The van der Waals surface area contributed by atoms with Crippen molar-refractivity contribution in [1.82, 2.24) is 4.57 Å². The summed E-state index contributed by atoms with van der Waals surface area (Å²) in [5.41, 5.74) is 7.03. The molecule has 2 N–H and O–H groups in total. The maximum Gasteiger partial charge on any atom is 0.250 e. The number of fused-ring (bicyclic) bond motifs is 1. The van der Waals surface area contributed by atoms with Gasteiger partial charge in [-0.15, -0.1) is 0 Å². The highest BCUT2D eigenvalue weighted by Gasteiger charge is 2.26. The molecular formula is C12H11N2O. The lowest BCUT2D eigenvalue weighted by Gasteiger charge is -2.00. The number of nitrogens with two attached hydrogens (primary N) is 1. The number of benzene rings is 1. The monoisotopic (exact) mass is 199 g/mol. The van der Waals surface area contributed by atoms with Gasteiger partial charge >= 0.3 is 0 Å². The molecule has 3 rings (SSSR count). The number of nitrogens with zero attached hydrogens (tertiary/aromatic N) is 1. The summed E-state index contributed by atoms with van der Waals surface area (Å²) in [5.74, 6) is -0.356. The predicted octanol–water partition coefficient (Wildman–Crippen LogP) is 1.88. The van der Waals surface area contributed by atoms with Gasteiger partial charge in [-0.1, -0.05) is 12.1 Å². The highest BCUT2D eigenvalue weighted by Crippen LogP contribution is 2.38. The minimum absolute atomic E-state index is 0.356. The summed E-state index contributed by atoms with van der Waals surface area (Å²) in [6.07, 6.45) is 4.26. The number of hydrogen-bond donors (Lipinski definition) is 1. The topological polar surface area (TPSA) is 48.0 Å². The Bertz CT molecular complexity index is 538. The first-order valence-electron chi connectivity index (χ1n) is 5.08. The highest BCUT2D eigenvalue weighted by atomic mass is 16.1. The number of amides is 1. The zero-order valence-corrected chi connectivity index (χ0v) is 8.23. The van der Waals surface area contributed by atoms with E-state index in [9.17, 15) is 4.79 Å². The maximum atomic E-state index is 11.3. The second-order valence-corrected chi connectivity index (χ2v) is 3.99. The van der Waals surface area contributed by atoms with E-state index in [-0.39, 0.29) is 5.91 Å². The van der Waals surface area contributed by atoms with Crippen molar-refractivity contribution in [3.05, 3.63) is 36.0 Å². The summed E-state index contributed by atoms with van der Waals surface area (Å²) in [5, 5.41) is 0.938. The fourth-order valence-corrected chi connectivity index (χ4v) is 1.99. The second kappa shape index (κ2) is 2.86. The summed E-state index contributed by atoms with van der Waals surface area (Å²) in [6, 6.07) is 9.22. The fourth-order valence-electron chi connectivity index (χ4n) is 1.99. The normalized spacial score (nSPS) is 15.7. The van der Waals surface area contributed by atoms with Crippen LogP contribution in [0.2, 0.25) is 0 Å². The van der Waals surface area contributed by atoms with Gasteiger partial charge in [0.1, 0.15) is 0 Å². The van der Waals surface area contributed by atoms with Gasteiger partial charge < -0.3 is 10.3 Å². The average molecular weight is 199 g/mol. The Morgan fingerprint density at radius 3 is 3.00 bits per heavy atom. The van der Waals surface area contributed by atoms with Gasteiger partial charge in [0.15, 0.2) is 0 Å². The van der Waals surface area contributed by atoms with Crippen LogP contribution in [0, 0.1) is 6.07 Å². The molecule has 1 heterocycles. The quantitative estimate of drug-likeness (QED) is 0.788. The summed E-state index contributed by atoms with van der Waals surface area (Å²) in [6.45, 7) is 0. The molecule has 1 saturated carbocycles. The lowest BCUT2D eigenvalue weighted by atomic mass is 10.2. The Morgan fingerprint density at radius 2 is 2.33 bits per heavy atom. The Kier molecular flexibility index (Phi) is 1.63. The average Bonchev–Trinajstić information content (AvgIpc) is 2.99. The van der Waals surface area contributed by atoms with Gasteiger partial charge in [0.05, 0.1) is 5.56 Å². The van der Waals surface area contributed by atoms with Crippen LogP contribution in [0.15, 0.2) is 24.4 Å². The maximum absolute atomic E-state index is 11.3. The van der Waals surface area contributed by atoms with Gasteiger partial charge in [-0.25, -0.2) is 0 Å². The van der Waals surface area contributed by atoms with E-state index >= 15 is 0 Å². The van der Waals surface area contributed by atoms with Crippen LogP contribution in [-0.2, 0) is 0 Å². The molecule has 1 radical (unpaired) electrons. The van der Waals surface area contributed by atoms with Gasteiger partial charge in [-0.2, -0.15) is 0 Å². The van der Waals surface area contributed by atoms with Crippen LogP contribution < -0.4 is 5.73 Å². The van der Waals surface area contributed by atoms with Crippen LogP contribution in [0.5, 0.6) is 0 Å². The van der Waals surface area contributed by atoms with Crippen LogP contribution in [0.3, 0.4) is 0 Å². The Morgan fingerprint density at radius 1 is 1.53 bits per heavy atom. The van der Waals surface area contributed by atoms with E-state index in [1.165, 1.54) is 12.8 Å². The smallest absolute Gasteiger partial charge is 0.250 e. The molecule has 0 saturated heterocycles. The first kappa shape index (κ1) is 8.53. The molecule has 1 aromatic carbocycles. The Balaban J connectivity index is 2.32. The van der Waals surface area contributed by atoms with Gasteiger partial charge in [-0.3, -0.25) is 4.79 Å². The largest absolute Gasteiger partial charge is 0.366 e. The van der Waals surface area contributed by atoms with Crippen molar-refractivity contribution in [3.8, 4) is 0 Å². The molecule has 3 nitrogen and oxygen atoms in total. The lowest BCUT2D eigenvalue weighted by molar-refractivity contribution is 0.100. The molecule has 0 spiro atoms. The molecule has 0 aliphatic heterocycles. The van der Waals surface area contributed by atoms with E-state index in [0.29, 0.717) is 11.6 Å². The molecule has 1 fully saturated rings. The number of primary amides is 1. The minimum atomic E-state index is -0.356. The summed E-state index contributed by atoms with van der Waals surface area (Å²) in [4.78, 5) is 11.3. The molecule has 1 amide bonds. The standard InChI is InChI=1S/C12H11N2O/c13-12(15)10-7-14(8-5-6-8)11-4-2-1-3-9(10)11/h1,3-4,7-8H,5-6H2,(H2,13,15). The van der Waals surface area contributed by atoms with Crippen LogP contribution in [0.25, 0.3) is 10.9 Å². The first-order valence-corrected chi connectivity index (χ1v) is 5.08. The first-order chi connectivity index (χ1) is 7.27. The van der Waals surface area contributed by atoms with Gasteiger partial charge in [0.25, 0.3) is 5.91 Å². The third-order valence-corrected chi connectivity index (χ3v) is 2.88. The Hall–Kier alpha value is -1.77. The molecule has 2 aromatic rings. The summed E-state index contributed by atoms with van der Waals surface area (Å²) in [7, 11) is 0. The van der Waals surface area contributed by atoms with E-state index in [0.717, 1.165) is 10.9 Å². The van der Waals surface area contributed by atoms with Gasteiger partial charge in [-0.05, 0) is 25.0 Å². The molecule has 3 heteroatoms. The number of carbonyl (C=O) groups is 1. The van der Waals surface area contributed by atoms with Crippen molar-refractivity contribution < 1.29 is 4.79 Å². The third-order valence-electron chi connectivity index (χ3n) is 2.88. The molecule has 1 aliphatic rings. The van der Waals surface area contributed by atoms with Gasteiger partial charge in [0, 0.05) is 23.1 Å². The summed E-state index contributed by atoms with van der Waals surface area (Å²) >= 11 is 0. The van der Waals surface area contributed by atoms with Crippen molar-refractivity contribution in [1.29, 1.82) is 0 Å². The molecule has 0 atom stereocenters. The van der Waals surface area contributed by atoms with Crippen LogP contribution >= 0.6 is 0 Å². The van der Waals surface area contributed by atoms with Crippen molar-refractivity contribution in [2.24, 2.45) is 5.73 Å². The Labute approximate surface area is 87.5 Å². The van der Waals surface area contributed by atoms with E-state index < -0.39 is 0 Å². The second-order valence-electron chi connectivity index (χ2n) is 3.99. The fraction of sp³-hybridized carbons (Fsp3) is 0.250. The van der Waals surface area contributed by atoms with Crippen LogP contribution in [-0.4, -0.2) is 10.5 Å². The van der Waals surface area contributed by atoms with E-state index in [1.54, 1.807) is 0 Å². The van der Waals surface area contributed by atoms with Crippen LogP contribution in [0.4, 0.5) is 0 Å². The number of carbonyl (C=O) groups excluding carboxylic acids is 1. The highest BCUT2D eigenvalue weighted by molar-refractivity contribution is 6.06. The van der Waals surface area contributed by atoms with Crippen LogP contribution in [0.1, 0.15) is 29.2 Å². The van der Waals surface area contributed by atoms with E-state index in [4.69, 9.17) is 5.73 Å². The zero-order valence-electron chi connectivity index (χ0n) is 8.23. The number of rotatable bonds is 2. The minimum Gasteiger partial charge on any atom is -0.366 e. The third kappa shape index (κ3) is 1.23. The molecule has 0 bridgehead atoms. The van der Waals surface area contributed by atoms with E-state index in [2.05, 4.69) is 10.6 Å². The van der Waals surface area contributed by atoms with Crippen molar-refractivity contribution in [3.63, 3.8) is 0 Å². The molecule has 75 valence electrons. The molecule has 1 aliphatic carbocycles. The predicted molar refractivity (Wildman–Crippen MR) is 57.6 cm³/mol. The molecule has 15 heavy (non-hydrogen) atoms. The zero-order chi connectivity index (χ0) is 10.4. The van der Waals surface area contributed by atoms with Crippen molar-refractivity contribution in [2.45, 2.75) is 18.9 Å². The SMILES string of the molecule is NC(=O)c1cn(C2CC2)c2c[c]ccc12. The number of hydrogen-bond acceptors (Lipinski definition) is 1. The molecular weight excluding hydrogens is 188 g/mol. The lowest BCUT2D eigenvalue weighted by Crippen LogP contribution is -2.10. The van der Waals surface area contributed by atoms with Gasteiger partial charge in [0.2, 0.25) is 0 Å². The molecule has 0 unspecified atom stereocenters. The van der Waals surface area contributed by atoms with Crippen molar-refractivity contribution >= 4 is 16.8 Å².